The van der Waals surface area contributed by atoms with Gasteiger partial charge in [-0.25, -0.2) is 26.3 Å². The standard InChI is InChI=1S/C21H24N4O4S2/c26-30(27,24-11-9-16-13-22-20-7-3-1-5-18(16)20)15-31(28,29)25-12-10-17-14-23-21-8-4-2-6-19(17)21/h1-8,13-14,22-25H,9-12,15H2. The highest BCUT2D eigenvalue weighted by atomic mass is 32.3. The number of benzene rings is 2. The van der Waals surface area contributed by atoms with Crippen LogP contribution < -0.4 is 9.44 Å². The molecule has 0 amide bonds. The molecule has 10 heteroatoms. The van der Waals surface area contributed by atoms with E-state index in [0.29, 0.717) is 12.8 Å². The Kier molecular flexibility index (Phi) is 6.15. The summed E-state index contributed by atoms with van der Waals surface area (Å²) in [5.74, 6) is 0. The van der Waals surface area contributed by atoms with Crippen LogP contribution in [0, 0.1) is 0 Å². The van der Waals surface area contributed by atoms with Crippen LogP contribution in [0.25, 0.3) is 21.8 Å². The highest BCUT2D eigenvalue weighted by Gasteiger charge is 2.21. The van der Waals surface area contributed by atoms with Gasteiger partial charge >= 0.3 is 0 Å². The number of fused-ring (bicyclic) bond motifs is 2. The Labute approximate surface area is 181 Å². The molecule has 31 heavy (non-hydrogen) atoms. The number of hydrogen-bond acceptors (Lipinski definition) is 4. The minimum Gasteiger partial charge on any atom is -0.361 e. The first-order valence-corrected chi connectivity index (χ1v) is 13.2. The van der Waals surface area contributed by atoms with Crippen molar-refractivity contribution in [2.24, 2.45) is 0 Å². The molecule has 2 aromatic heterocycles. The van der Waals surface area contributed by atoms with Crippen molar-refractivity contribution in [1.82, 2.24) is 19.4 Å². The van der Waals surface area contributed by atoms with Gasteiger partial charge in [-0.2, -0.15) is 0 Å². The lowest BCUT2D eigenvalue weighted by Crippen LogP contribution is -2.37. The van der Waals surface area contributed by atoms with E-state index in [1.165, 1.54) is 0 Å². The molecule has 8 nitrogen and oxygen atoms in total. The van der Waals surface area contributed by atoms with E-state index in [4.69, 9.17) is 0 Å². The van der Waals surface area contributed by atoms with Gasteiger partial charge in [0.2, 0.25) is 20.0 Å². The average molecular weight is 461 g/mol. The van der Waals surface area contributed by atoms with Crippen molar-refractivity contribution < 1.29 is 16.8 Å². The summed E-state index contributed by atoms with van der Waals surface area (Å²) < 4.78 is 53.8. The summed E-state index contributed by atoms with van der Waals surface area (Å²) >= 11 is 0. The fraction of sp³-hybridized carbons (Fsp3) is 0.238. The topological polar surface area (TPSA) is 124 Å². The first-order valence-electron chi connectivity index (χ1n) is 9.88. The van der Waals surface area contributed by atoms with Gasteiger partial charge in [-0.1, -0.05) is 36.4 Å². The fourth-order valence-corrected chi connectivity index (χ4v) is 6.77. The Balaban J connectivity index is 1.28. The molecule has 2 aromatic carbocycles. The second kappa shape index (κ2) is 8.83. The summed E-state index contributed by atoms with van der Waals surface area (Å²) in [7, 11) is -7.96. The van der Waals surface area contributed by atoms with Crippen LogP contribution in [0.5, 0.6) is 0 Å². The number of sulfonamides is 2. The summed E-state index contributed by atoms with van der Waals surface area (Å²) in [6.07, 6.45) is 4.58. The molecule has 0 spiro atoms. The maximum atomic E-state index is 12.3. The molecular formula is C21H24N4O4S2. The highest BCUT2D eigenvalue weighted by Crippen LogP contribution is 2.18. The van der Waals surface area contributed by atoms with Crippen LogP contribution in [0.2, 0.25) is 0 Å². The molecule has 0 bridgehead atoms. The molecule has 0 unspecified atom stereocenters. The minimum atomic E-state index is -3.98. The number of H-pyrrole nitrogens is 2. The largest absolute Gasteiger partial charge is 0.361 e. The third-order valence-electron chi connectivity index (χ3n) is 5.09. The zero-order valence-corrected chi connectivity index (χ0v) is 18.4. The number of para-hydroxylation sites is 2. The fourth-order valence-electron chi connectivity index (χ4n) is 3.65. The van der Waals surface area contributed by atoms with Crippen LogP contribution in [0.4, 0.5) is 0 Å². The molecule has 0 saturated carbocycles. The smallest absolute Gasteiger partial charge is 0.227 e. The van der Waals surface area contributed by atoms with Crippen LogP contribution >= 0.6 is 0 Å². The molecule has 0 saturated heterocycles. The molecule has 0 fully saturated rings. The molecular weight excluding hydrogens is 436 g/mol. The van der Waals surface area contributed by atoms with Crippen LogP contribution in [0.3, 0.4) is 0 Å². The van der Waals surface area contributed by atoms with Crippen molar-refractivity contribution in [3.05, 3.63) is 72.1 Å². The maximum Gasteiger partial charge on any atom is 0.227 e. The first kappa shape index (κ1) is 21.6. The zero-order valence-electron chi connectivity index (χ0n) is 16.8. The Hall–Kier alpha value is -2.66. The van der Waals surface area contributed by atoms with E-state index in [2.05, 4.69) is 19.4 Å². The van der Waals surface area contributed by atoms with E-state index in [1.54, 1.807) is 0 Å². The molecule has 4 N–H and O–H groups in total. The van der Waals surface area contributed by atoms with E-state index in [9.17, 15) is 16.8 Å². The maximum absolute atomic E-state index is 12.3. The summed E-state index contributed by atoms with van der Waals surface area (Å²) in [5, 5.41) is 1.04. The molecule has 0 aliphatic rings. The Bertz CT molecular complexity index is 1300. The monoisotopic (exact) mass is 460 g/mol. The van der Waals surface area contributed by atoms with Gasteiger partial charge in [-0.05, 0) is 36.1 Å². The van der Waals surface area contributed by atoms with E-state index < -0.39 is 25.1 Å². The molecule has 0 aliphatic carbocycles. The lowest BCUT2D eigenvalue weighted by Gasteiger charge is -2.09. The van der Waals surface area contributed by atoms with E-state index in [1.807, 2.05) is 60.9 Å². The predicted octanol–water partition coefficient (Wildman–Crippen LogP) is 2.23. The Morgan fingerprint density at radius 2 is 1.06 bits per heavy atom. The molecule has 164 valence electrons. The summed E-state index contributed by atoms with van der Waals surface area (Å²) in [6, 6.07) is 15.5. The number of aromatic nitrogens is 2. The molecule has 0 radical (unpaired) electrons. The second-order valence-corrected chi connectivity index (χ2v) is 11.3. The van der Waals surface area contributed by atoms with Gasteiger partial charge in [-0.15, -0.1) is 0 Å². The van der Waals surface area contributed by atoms with Crippen molar-refractivity contribution in [2.75, 3.05) is 18.2 Å². The zero-order chi connectivity index (χ0) is 21.9. The highest BCUT2D eigenvalue weighted by molar-refractivity contribution is 8.06. The molecule has 0 atom stereocenters. The first-order chi connectivity index (χ1) is 14.8. The number of nitrogens with one attached hydrogen (secondary N) is 4. The number of aromatic amines is 2. The lowest BCUT2D eigenvalue weighted by atomic mass is 10.1. The van der Waals surface area contributed by atoms with E-state index in [-0.39, 0.29) is 13.1 Å². The van der Waals surface area contributed by atoms with Crippen LogP contribution in [0.1, 0.15) is 11.1 Å². The summed E-state index contributed by atoms with van der Waals surface area (Å²) in [6.45, 7) is 0.240. The van der Waals surface area contributed by atoms with Gasteiger partial charge in [0.15, 0.2) is 5.08 Å². The van der Waals surface area contributed by atoms with Crippen molar-refractivity contribution in [1.29, 1.82) is 0 Å². The molecule has 0 aliphatic heterocycles. The number of rotatable bonds is 10. The van der Waals surface area contributed by atoms with Crippen LogP contribution in [-0.4, -0.2) is 45.0 Å². The summed E-state index contributed by atoms with van der Waals surface area (Å²) in [5.41, 5.74) is 3.89. The Morgan fingerprint density at radius 1 is 0.645 bits per heavy atom. The Morgan fingerprint density at radius 3 is 1.52 bits per heavy atom. The third-order valence-corrected chi connectivity index (χ3v) is 8.86. The second-order valence-electron chi connectivity index (χ2n) is 7.36. The molecule has 2 heterocycles. The van der Waals surface area contributed by atoms with Crippen molar-refractivity contribution >= 4 is 41.9 Å². The summed E-state index contributed by atoms with van der Waals surface area (Å²) in [4.78, 5) is 6.27. The minimum absolute atomic E-state index is 0.120. The molecule has 4 aromatic rings. The van der Waals surface area contributed by atoms with Gasteiger partial charge in [-0.3, -0.25) is 0 Å². The average Bonchev–Trinajstić information content (AvgIpc) is 3.32. The van der Waals surface area contributed by atoms with Crippen molar-refractivity contribution in [2.45, 2.75) is 12.8 Å². The van der Waals surface area contributed by atoms with Gasteiger partial charge in [0.25, 0.3) is 0 Å². The van der Waals surface area contributed by atoms with Gasteiger partial charge in [0.05, 0.1) is 0 Å². The van der Waals surface area contributed by atoms with Gasteiger partial charge in [0, 0.05) is 47.3 Å². The quantitative estimate of drug-likeness (QED) is 0.290. The van der Waals surface area contributed by atoms with Gasteiger partial charge in [0.1, 0.15) is 0 Å². The van der Waals surface area contributed by atoms with Crippen LogP contribution in [-0.2, 0) is 32.9 Å². The lowest BCUT2D eigenvalue weighted by molar-refractivity contribution is 0.573. The van der Waals surface area contributed by atoms with Crippen molar-refractivity contribution in [3.8, 4) is 0 Å². The van der Waals surface area contributed by atoms with Gasteiger partial charge < -0.3 is 9.97 Å². The van der Waals surface area contributed by atoms with Crippen LogP contribution in [0.15, 0.2) is 60.9 Å². The third kappa shape index (κ3) is 5.34. The van der Waals surface area contributed by atoms with Crippen molar-refractivity contribution in [3.63, 3.8) is 0 Å². The SMILES string of the molecule is O=S(=O)(CS(=O)(=O)NCCc1c[nH]c2ccccc12)NCCc1c[nH]c2ccccc12. The molecule has 4 rings (SSSR count). The number of hydrogen-bond donors (Lipinski definition) is 4. The van der Waals surface area contributed by atoms with E-state index in [0.717, 1.165) is 32.9 Å². The predicted molar refractivity (Wildman–Crippen MR) is 123 cm³/mol. The normalized spacial score (nSPS) is 12.6. The van der Waals surface area contributed by atoms with E-state index >= 15 is 0 Å².